The Bertz CT molecular complexity index is 1150. The molecule has 0 aliphatic carbocycles. The van der Waals surface area contributed by atoms with Crippen molar-refractivity contribution in [3.8, 4) is 11.1 Å². The fraction of sp³-hybridized carbons (Fsp3) is 0. The van der Waals surface area contributed by atoms with Crippen LogP contribution in [-0.4, -0.2) is 21.8 Å². The fourth-order valence-corrected chi connectivity index (χ4v) is 4.22. The van der Waals surface area contributed by atoms with E-state index in [4.69, 9.17) is 11.5 Å². The first kappa shape index (κ1) is 19.7. The standard InChI is InChI=1S/C18H14N6OS2.ClH/c19-16(20)24-17-22-13(9-26-17)15(25)23-18-21-12-8-4-7-11(14(12)27-18)10-5-2-1-3-6-10;/h1-9H,(H,21,23,25)(H4,19,20,22,24);1H. The van der Waals surface area contributed by atoms with Crippen molar-refractivity contribution in [1.29, 1.82) is 0 Å². The molecule has 4 rings (SSSR count). The van der Waals surface area contributed by atoms with E-state index in [9.17, 15) is 4.79 Å². The highest BCUT2D eigenvalue weighted by atomic mass is 35.5. The molecule has 28 heavy (non-hydrogen) atoms. The number of aromatic nitrogens is 2. The molecule has 2 heterocycles. The Hall–Kier alpha value is -3.01. The smallest absolute Gasteiger partial charge is 0.276 e. The number of rotatable bonds is 4. The van der Waals surface area contributed by atoms with Gasteiger partial charge in [0.2, 0.25) is 5.13 Å². The van der Waals surface area contributed by atoms with Crippen molar-refractivity contribution in [2.45, 2.75) is 0 Å². The Morgan fingerprint density at radius 1 is 1.04 bits per heavy atom. The average molecular weight is 431 g/mol. The van der Waals surface area contributed by atoms with Crippen LogP contribution in [0.3, 0.4) is 0 Å². The maximum Gasteiger partial charge on any atom is 0.276 e. The lowest BCUT2D eigenvalue weighted by molar-refractivity contribution is 0.102. The quantitative estimate of drug-likeness (QED) is 0.334. The molecule has 0 saturated heterocycles. The van der Waals surface area contributed by atoms with Gasteiger partial charge in [0.1, 0.15) is 5.69 Å². The van der Waals surface area contributed by atoms with E-state index in [1.165, 1.54) is 22.7 Å². The molecule has 10 heteroatoms. The molecule has 0 saturated carbocycles. The summed E-state index contributed by atoms with van der Waals surface area (Å²) in [5.41, 5.74) is 13.9. The average Bonchev–Trinajstić information content (AvgIpc) is 3.28. The zero-order valence-corrected chi connectivity index (χ0v) is 16.8. The van der Waals surface area contributed by atoms with Crippen LogP contribution in [0.4, 0.5) is 10.3 Å². The van der Waals surface area contributed by atoms with Crippen molar-refractivity contribution in [1.82, 2.24) is 9.97 Å². The minimum absolute atomic E-state index is 0. The second kappa shape index (κ2) is 8.34. The highest BCUT2D eigenvalue weighted by molar-refractivity contribution is 7.23. The summed E-state index contributed by atoms with van der Waals surface area (Å²) < 4.78 is 1.01. The fourth-order valence-electron chi connectivity index (χ4n) is 2.54. The van der Waals surface area contributed by atoms with Crippen molar-refractivity contribution >= 4 is 67.4 Å². The summed E-state index contributed by atoms with van der Waals surface area (Å²) in [5.74, 6) is -0.459. The highest BCUT2D eigenvalue weighted by Crippen LogP contribution is 2.35. The van der Waals surface area contributed by atoms with Crippen molar-refractivity contribution < 1.29 is 4.79 Å². The van der Waals surface area contributed by atoms with E-state index in [1.54, 1.807) is 5.38 Å². The van der Waals surface area contributed by atoms with E-state index >= 15 is 0 Å². The van der Waals surface area contributed by atoms with Crippen molar-refractivity contribution in [2.24, 2.45) is 16.5 Å². The van der Waals surface area contributed by atoms with Gasteiger partial charge in [-0.3, -0.25) is 10.1 Å². The SMILES string of the molecule is Cl.NC(N)=Nc1nc(C(=O)Nc2nc3cccc(-c4ccccc4)c3s2)cs1. The lowest BCUT2D eigenvalue weighted by Gasteiger charge is -2.01. The molecule has 0 radical (unpaired) electrons. The van der Waals surface area contributed by atoms with Crippen molar-refractivity contribution in [3.05, 3.63) is 59.6 Å². The van der Waals surface area contributed by atoms with E-state index in [-0.39, 0.29) is 30.0 Å². The lowest BCUT2D eigenvalue weighted by Crippen LogP contribution is -2.21. The lowest BCUT2D eigenvalue weighted by atomic mass is 10.1. The number of thiazole rings is 2. The van der Waals surface area contributed by atoms with Gasteiger partial charge >= 0.3 is 0 Å². The molecule has 142 valence electrons. The second-order valence-corrected chi connectivity index (χ2v) is 7.38. The van der Waals surface area contributed by atoms with Gasteiger partial charge in [0.05, 0.1) is 10.2 Å². The van der Waals surface area contributed by atoms with E-state index in [0.717, 1.165) is 21.3 Å². The Kier molecular flexibility index (Phi) is 5.88. The first-order valence-corrected chi connectivity index (χ1v) is 9.61. The second-order valence-electron chi connectivity index (χ2n) is 5.54. The normalized spacial score (nSPS) is 10.3. The van der Waals surface area contributed by atoms with Gasteiger partial charge in [-0.2, -0.15) is 4.99 Å². The molecule has 0 spiro atoms. The minimum Gasteiger partial charge on any atom is -0.370 e. The maximum absolute atomic E-state index is 12.4. The first-order chi connectivity index (χ1) is 13.1. The predicted octanol–water partition coefficient (Wildman–Crippen LogP) is 4.00. The first-order valence-electron chi connectivity index (χ1n) is 7.91. The summed E-state index contributed by atoms with van der Waals surface area (Å²) in [6, 6.07) is 16.0. The van der Waals surface area contributed by atoms with Crippen molar-refractivity contribution in [2.75, 3.05) is 5.32 Å². The number of hydrogen-bond acceptors (Lipinski definition) is 6. The van der Waals surface area contributed by atoms with Gasteiger partial charge in [0.25, 0.3) is 5.91 Å². The van der Waals surface area contributed by atoms with Crippen molar-refractivity contribution in [3.63, 3.8) is 0 Å². The number of carbonyl (C=O) groups is 1. The van der Waals surface area contributed by atoms with E-state index < -0.39 is 0 Å². The molecule has 0 atom stereocenters. The number of benzene rings is 2. The summed E-state index contributed by atoms with van der Waals surface area (Å²) in [5, 5.41) is 5.23. The predicted molar refractivity (Wildman–Crippen MR) is 118 cm³/mol. The third-order valence-electron chi connectivity index (χ3n) is 3.67. The molecule has 2 aromatic heterocycles. The van der Waals surface area contributed by atoms with Gasteiger partial charge in [-0.1, -0.05) is 53.8 Å². The van der Waals surface area contributed by atoms with E-state index in [0.29, 0.717) is 10.3 Å². The Morgan fingerprint density at radius 2 is 1.82 bits per heavy atom. The minimum atomic E-state index is -0.358. The van der Waals surface area contributed by atoms with Gasteiger partial charge in [-0.05, 0) is 11.6 Å². The maximum atomic E-state index is 12.4. The topological polar surface area (TPSA) is 119 Å². The van der Waals surface area contributed by atoms with Crippen LogP contribution in [0.15, 0.2) is 58.9 Å². The van der Waals surface area contributed by atoms with Crippen LogP contribution in [0.25, 0.3) is 21.3 Å². The molecule has 4 aromatic rings. The number of carbonyl (C=O) groups excluding carboxylic acids is 1. The van der Waals surface area contributed by atoms with E-state index in [1.807, 2.05) is 48.5 Å². The summed E-state index contributed by atoms with van der Waals surface area (Å²) in [4.78, 5) is 24.9. The number of nitrogens with zero attached hydrogens (tertiary/aromatic N) is 3. The number of nitrogens with two attached hydrogens (primary N) is 2. The number of nitrogens with one attached hydrogen (secondary N) is 1. The third kappa shape index (κ3) is 4.11. The number of guanidine groups is 1. The van der Waals surface area contributed by atoms with Gasteiger partial charge in [0.15, 0.2) is 11.1 Å². The molecular weight excluding hydrogens is 416 g/mol. The highest BCUT2D eigenvalue weighted by Gasteiger charge is 2.15. The van der Waals surface area contributed by atoms with Gasteiger partial charge in [0, 0.05) is 10.9 Å². The summed E-state index contributed by atoms with van der Waals surface area (Å²) >= 11 is 2.61. The Balaban J connectivity index is 0.00000225. The Labute approximate surface area is 174 Å². The Morgan fingerprint density at radius 3 is 2.57 bits per heavy atom. The monoisotopic (exact) mass is 430 g/mol. The molecule has 0 bridgehead atoms. The molecule has 2 aromatic carbocycles. The van der Waals surface area contributed by atoms with Crippen LogP contribution >= 0.6 is 35.1 Å². The van der Waals surface area contributed by atoms with Crippen LogP contribution < -0.4 is 16.8 Å². The molecule has 0 unspecified atom stereocenters. The molecule has 5 N–H and O–H groups in total. The molecule has 0 aliphatic rings. The van der Waals surface area contributed by atoms with Crippen LogP contribution in [0.2, 0.25) is 0 Å². The van der Waals surface area contributed by atoms with Crippen LogP contribution in [0.5, 0.6) is 0 Å². The number of halogens is 1. The number of fused-ring (bicyclic) bond motifs is 1. The zero-order valence-electron chi connectivity index (χ0n) is 14.3. The summed E-state index contributed by atoms with van der Waals surface area (Å²) in [6.45, 7) is 0. The largest absolute Gasteiger partial charge is 0.370 e. The third-order valence-corrected chi connectivity index (χ3v) is 5.42. The molecule has 0 fully saturated rings. The number of hydrogen-bond donors (Lipinski definition) is 3. The number of aliphatic imine (C=N–C) groups is 1. The van der Waals surface area contributed by atoms with Gasteiger partial charge < -0.3 is 11.5 Å². The van der Waals surface area contributed by atoms with Crippen LogP contribution in [0.1, 0.15) is 10.5 Å². The molecule has 0 aliphatic heterocycles. The zero-order chi connectivity index (χ0) is 18.8. The molecule has 1 amide bonds. The molecular formula is C18H15ClN6OS2. The van der Waals surface area contributed by atoms with Crippen LogP contribution in [-0.2, 0) is 0 Å². The van der Waals surface area contributed by atoms with Crippen LogP contribution in [0, 0.1) is 0 Å². The summed E-state index contributed by atoms with van der Waals surface area (Å²) in [7, 11) is 0. The number of amides is 1. The van der Waals surface area contributed by atoms with Gasteiger partial charge in [-0.25, -0.2) is 9.97 Å². The summed E-state index contributed by atoms with van der Waals surface area (Å²) in [6.07, 6.45) is 0. The van der Waals surface area contributed by atoms with Gasteiger partial charge in [-0.15, -0.1) is 23.7 Å². The number of anilines is 1. The molecule has 7 nitrogen and oxygen atoms in total. The van der Waals surface area contributed by atoms with E-state index in [2.05, 4.69) is 20.3 Å².